The molecule has 3 rings (SSSR count). The molecule has 3 N–H and O–H groups in total. The minimum absolute atomic E-state index is 0.299. The summed E-state index contributed by atoms with van der Waals surface area (Å²) in [6.45, 7) is 7.54. The van der Waals surface area contributed by atoms with Crippen molar-refractivity contribution in [3.8, 4) is 0 Å². The molecule has 0 fully saturated rings. The van der Waals surface area contributed by atoms with Crippen LogP contribution in [0.15, 0.2) is 64.3 Å². The van der Waals surface area contributed by atoms with Crippen LogP contribution in [0.25, 0.3) is 0 Å². The molecule has 2 aromatic rings. The molecule has 0 saturated heterocycles. The summed E-state index contributed by atoms with van der Waals surface area (Å²) >= 11 is 3.37. The molecule has 0 aromatic heterocycles. The van der Waals surface area contributed by atoms with Gasteiger partial charge in [0.1, 0.15) is 0 Å². The highest BCUT2D eigenvalue weighted by Crippen LogP contribution is 2.32. The molecule has 1 aliphatic rings. The molecule has 0 radical (unpaired) electrons. The van der Waals surface area contributed by atoms with Crippen molar-refractivity contribution in [3.63, 3.8) is 0 Å². The molecule has 8 nitrogen and oxygen atoms in total. The molecule has 0 saturated carbocycles. The van der Waals surface area contributed by atoms with Gasteiger partial charge in [-0.15, -0.1) is 0 Å². The van der Waals surface area contributed by atoms with Crippen molar-refractivity contribution in [2.45, 2.75) is 39.8 Å². The zero-order valence-electron chi connectivity index (χ0n) is 18.9. The number of allylic oxidation sites excluding steroid dienone is 1. The van der Waals surface area contributed by atoms with Crippen molar-refractivity contribution >= 4 is 45.3 Å². The summed E-state index contributed by atoms with van der Waals surface area (Å²) in [5, 5.41) is 8.44. The summed E-state index contributed by atoms with van der Waals surface area (Å²) in [7, 11) is 0. The maximum Gasteiger partial charge on any atom is 0.338 e. The number of rotatable bonds is 6. The highest BCUT2D eigenvalue weighted by Gasteiger charge is 2.36. The summed E-state index contributed by atoms with van der Waals surface area (Å²) in [5.74, 6) is -0.489. The van der Waals surface area contributed by atoms with Crippen LogP contribution in [-0.2, 0) is 9.53 Å². The smallest absolute Gasteiger partial charge is 0.338 e. The van der Waals surface area contributed by atoms with Gasteiger partial charge in [-0.2, -0.15) is 0 Å². The van der Waals surface area contributed by atoms with Crippen molar-refractivity contribution in [3.05, 3.63) is 69.8 Å². The van der Waals surface area contributed by atoms with E-state index >= 15 is 0 Å². The van der Waals surface area contributed by atoms with Crippen LogP contribution < -0.4 is 16.0 Å². The number of amides is 4. The molecule has 0 aliphatic carbocycles. The Morgan fingerprint density at radius 1 is 1.12 bits per heavy atom. The molecule has 174 valence electrons. The van der Waals surface area contributed by atoms with Crippen LogP contribution in [0.5, 0.6) is 0 Å². The maximum absolute atomic E-state index is 12.9. The third-order valence-corrected chi connectivity index (χ3v) is 5.53. The van der Waals surface area contributed by atoms with Gasteiger partial charge in [-0.3, -0.25) is 4.90 Å². The number of halogens is 1. The number of nitrogens with zero attached hydrogens (tertiary/aromatic N) is 1. The van der Waals surface area contributed by atoms with Crippen molar-refractivity contribution in [2.24, 2.45) is 0 Å². The standard InChI is InChI=1S/C24H27BrN4O4/c1-5-29-15(4)20(22(30)33-14(2)3)21(28-24(29)32)16-8-6-10-18(12-16)26-23(31)27-19-11-7-9-17(25)13-19/h6-14,21H,5H2,1-4H3,(H,28,32)(H2,26,27,31). The largest absolute Gasteiger partial charge is 0.459 e. The second-order valence-electron chi connectivity index (χ2n) is 7.79. The van der Waals surface area contributed by atoms with Crippen molar-refractivity contribution in [2.75, 3.05) is 17.2 Å². The molecule has 33 heavy (non-hydrogen) atoms. The number of ether oxygens (including phenoxy) is 1. The number of hydrogen-bond acceptors (Lipinski definition) is 4. The fourth-order valence-electron chi connectivity index (χ4n) is 3.61. The molecule has 4 amide bonds. The highest BCUT2D eigenvalue weighted by atomic mass is 79.9. The number of anilines is 2. The van der Waals surface area contributed by atoms with Gasteiger partial charge in [0.2, 0.25) is 0 Å². The molecule has 0 bridgehead atoms. The van der Waals surface area contributed by atoms with Crippen LogP contribution in [0, 0.1) is 0 Å². The molecule has 9 heteroatoms. The second-order valence-corrected chi connectivity index (χ2v) is 8.71. The van der Waals surface area contributed by atoms with Gasteiger partial charge in [0.05, 0.1) is 17.7 Å². The van der Waals surface area contributed by atoms with Gasteiger partial charge in [0, 0.05) is 28.1 Å². The second kappa shape index (κ2) is 10.5. The lowest BCUT2D eigenvalue weighted by Crippen LogP contribution is -2.48. The molecule has 1 aliphatic heterocycles. The molecule has 0 spiro atoms. The lowest BCUT2D eigenvalue weighted by molar-refractivity contribution is -0.143. The van der Waals surface area contributed by atoms with E-state index in [0.717, 1.165) is 4.47 Å². The van der Waals surface area contributed by atoms with Gasteiger partial charge in [-0.05, 0) is 63.6 Å². The first-order valence-corrected chi connectivity index (χ1v) is 11.4. The van der Waals surface area contributed by atoms with Gasteiger partial charge < -0.3 is 20.7 Å². The molecule has 2 aromatic carbocycles. The molecule has 1 atom stereocenters. The predicted molar refractivity (Wildman–Crippen MR) is 131 cm³/mol. The average Bonchev–Trinajstić information content (AvgIpc) is 2.73. The predicted octanol–water partition coefficient (Wildman–Crippen LogP) is 5.40. The Bertz CT molecular complexity index is 1100. The van der Waals surface area contributed by atoms with Crippen LogP contribution >= 0.6 is 15.9 Å². The Hall–Kier alpha value is -3.33. The van der Waals surface area contributed by atoms with Gasteiger partial charge >= 0.3 is 18.0 Å². The Labute approximate surface area is 201 Å². The Morgan fingerprint density at radius 3 is 2.36 bits per heavy atom. The van der Waals surface area contributed by atoms with Gasteiger partial charge in [0.25, 0.3) is 0 Å². The minimum Gasteiger partial charge on any atom is -0.459 e. The number of hydrogen-bond donors (Lipinski definition) is 3. The average molecular weight is 515 g/mol. The highest BCUT2D eigenvalue weighted by molar-refractivity contribution is 9.10. The zero-order valence-corrected chi connectivity index (χ0v) is 20.5. The van der Waals surface area contributed by atoms with E-state index in [-0.39, 0.29) is 12.1 Å². The zero-order chi connectivity index (χ0) is 24.1. The fourth-order valence-corrected chi connectivity index (χ4v) is 4.01. The number of nitrogens with one attached hydrogen (secondary N) is 3. The third kappa shape index (κ3) is 5.92. The van der Waals surface area contributed by atoms with E-state index in [4.69, 9.17) is 4.74 Å². The van der Waals surface area contributed by atoms with E-state index in [1.54, 1.807) is 57.2 Å². The number of benzene rings is 2. The van der Waals surface area contributed by atoms with E-state index in [1.165, 1.54) is 4.90 Å². The molecular formula is C24H27BrN4O4. The summed E-state index contributed by atoms with van der Waals surface area (Å²) in [4.78, 5) is 39.5. The molecule has 1 heterocycles. The Kier molecular flexibility index (Phi) is 7.75. The first-order valence-electron chi connectivity index (χ1n) is 10.6. The normalized spacial score (nSPS) is 15.9. The number of urea groups is 2. The molecular weight excluding hydrogens is 488 g/mol. The molecule has 1 unspecified atom stereocenters. The quantitative estimate of drug-likeness (QED) is 0.449. The van der Waals surface area contributed by atoms with Crippen LogP contribution in [0.3, 0.4) is 0 Å². The van der Waals surface area contributed by atoms with Crippen LogP contribution in [0.1, 0.15) is 39.3 Å². The Morgan fingerprint density at radius 2 is 1.76 bits per heavy atom. The number of carbonyl (C=O) groups excluding carboxylic acids is 3. The van der Waals surface area contributed by atoms with Gasteiger partial charge in [-0.1, -0.05) is 34.1 Å². The van der Waals surface area contributed by atoms with Crippen molar-refractivity contribution in [1.82, 2.24) is 10.2 Å². The van der Waals surface area contributed by atoms with Crippen LogP contribution in [-0.4, -0.2) is 35.6 Å². The number of esters is 1. The topological polar surface area (TPSA) is 99.8 Å². The van der Waals surface area contributed by atoms with Crippen molar-refractivity contribution in [1.29, 1.82) is 0 Å². The van der Waals surface area contributed by atoms with E-state index in [0.29, 0.717) is 34.8 Å². The minimum atomic E-state index is -0.707. The van der Waals surface area contributed by atoms with E-state index in [9.17, 15) is 14.4 Å². The van der Waals surface area contributed by atoms with Crippen LogP contribution in [0.4, 0.5) is 21.0 Å². The maximum atomic E-state index is 12.9. The summed E-state index contributed by atoms with van der Waals surface area (Å²) in [6.07, 6.45) is -0.305. The van der Waals surface area contributed by atoms with Crippen molar-refractivity contribution < 1.29 is 19.1 Å². The Balaban J connectivity index is 1.87. The summed E-state index contributed by atoms with van der Waals surface area (Å²) in [5.41, 5.74) is 2.70. The SMILES string of the molecule is CCN1C(=O)NC(c2cccc(NC(=O)Nc3cccc(Br)c3)c2)C(C(=O)OC(C)C)=C1C. The fraction of sp³-hybridized carbons (Fsp3) is 0.292. The van der Waals surface area contributed by atoms with E-state index in [2.05, 4.69) is 31.9 Å². The van der Waals surface area contributed by atoms with Gasteiger partial charge in [0.15, 0.2) is 0 Å². The van der Waals surface area contributed by atoms with E-state index < -0.39 is 18.0 Å². The first-order chi connectivity index (χ1) is 15.7. The third-order valence-electron chi connectivity index (χ3n) is 5.04. The lowest BCUT2D eigenvalue weighted by atomic mass is 9.94. The van der Waals surface area contributed by atoms with Gasteiger partial charge in [-0.25, -0.2) is 14.4 Å². The summed E-state index contributed by atoms with van der Waals surface area (Å²) in [6, 6.07) is 12.8. The van der Waals surface area contributed by atoms with E-state index in [1.807, 2.05) is 19.1 Å². The first kappa shape index (κ1) is 24.3. The summed E-state index contributed by atoms with van der Waals surface area (Å²) < 4.78 is 6.30. The number of carbonyl (C=O) groups is 3. The monoisotopic (exact) mass is 514 g/mol. The van der Waals surface area contributed by atoms with Crippen LogP contribution in [0.2, 0.25) is 0 Å². The lowest BCUT2D eigenvalue weighted by Gasteiger charge is -2.35.